The molecule has 0 nitrogen and oxygen atoms in total. The van der Waals surface area contributed by atoms with Crippen LogP contribution in [0, 0.1) is 0 Å². The number of hydrogen-bond acceptors (Lipinski definition) is 0. The van der Waals surface area contributed by atoms with Crippen molar-refractivity contribution in [2.24, 2.45) is 0 Å². The first kappa shape index (κ1) is 24.6. The molecule has 5 aromatic carbocycles. The summed E-state index contributed by atoms with van der Waals surface area (Å²) in [5, 5.41) is 5.72. The Bertz CT molecular complexity index is 1170. The summed E-state index contributed by atoms with van der Waals surface area (Å²) in [5.41, 5.74) is 3.68. The van der Waals surface area contributed by atoms with Crippen LogP contribution >= 0.6 is 15.8 Å². The van der Waals surface area contributed by atoms with E-state index in [1.165, 1.54) is 32.3 Å². The van der Waals surface area contributed by atoms with Gasteiger partial charge in [-0.1, -0.05) is 159 Å². The Kier molecular flexibility index (Phi) is 8.08. The van der Waals surface area contributed by atoms with Crippen molar-refractivity contribution in [3.05, 3.63) is 157 Å². The second-order valence-electron chi connectivity index (χ2n) is 9.10. The van der Waals surface area contributed by atoms with Gasteiger partial charge in [0.25, 0.3) is 0 Å². The second kappa shape index (κ2) is 11.8. The minimum absolute atomic E-state index is 0.414. The molecule has 0 unspecified atom stereocenters. The Balaban J connectivity index is 1.53. The van der Waals surface area contributed by atoms with Crippen molar-refractivity contribution in [1.29, 1.82) is 0 Å². The van der Waals surface area contributed by atoms with Crippen LogP contribution in [0.5, 0.6) is 0 Å². The minimum atomic E-state index is -0.518. The smallest absolute Gasteiger partial charge is 0.00938 e. The highest BCUT2D eigenvalue weighted by Gasteiger charge is 2.25. The van der Waals surface area contributed by atoms with Crippen molar-refractivity contribution in [2.75, 3.05) is 0 Å². The van der Waals surface area contributed by atoms with E-state index in [2.05, 4.69) is 159 Å². The summed E-state index contributed by atoms with van der Waals surface area (Å²) in [6.07, 6.45) is 0. The van der Waals surface area contributed by atoms with E-state index in [0.29, 0.717) is 11.3 Å². The van der Waals surface area contributed by atoms with Gasteiger partial charge in [-0.15, -0.1) is 0 Å². The molecular formula is C34H32P2. The fraction of sp³-hybridized carbons (Fsp3) is 0.118. The summed E-state index contributed by atoms with van der Waals surface area (Å²) in [6.45, 7) is 4.82. The Labute approximate surface area is 218 Å². The lowest BCUT2D eigenvalue weighted by atomic mass is 10.1. The molecule has 0 saturated carbocycles. The summed E-state index contributed by atoms with van der Waals surface area (Å²) in [7, 11) is -1.04. The third-order valence-electron chi connectivity index (χ3n) is 6.79. The molecular weight excluding hydrogens is 470 g/mol. The molecule has 36 heavy (non-hydrogen) atoms. The van der Waals surface area contributed by atoms with Gasteiger partial charge < -0.3 is 0 Å². The number of hydrogen-bond donors (Lipinski definition) is 0. The Morgan fingerprint density at radius 1 is 0.361 bits per heavy atom. The summed E-state index contributed by atoms with van der Waals surface area (Å²) in [6, 6.07) is 53.6. The molecule has 0 spiro atoms. The maximum atomic E-state index is 2.48. The van der Waals surface area contributed by atoms with Crippen molar-refractivity contribution < 1.29 is 0 Å². The normalized spacial score (nSPS) is 13.0. The predicted octanol–water partition coefficient (Wildman–Crippen LogP) is 8.07. The highest BCUT2D eigenvalue weighted by molar-refractivity contribution is 7.73. The van der Waals surface area contributed by atoms with E-state index in [1.54, 1.807) is 0 Å². The van der Waals surface area contributed by atoms with E-state index in [-0.39, 0.29) is 0 Å². The first-order chi connectivity index (χ1) is 17.7. The molecule has 0 aliphatic heterocycles. The van der Waals surface area contributed by atoms with Crippen LogP contribution in [0.25, 0.3) is 0 Å². The van der Waals surface area contributed by atoms with Gasteiger partial charge in [-0.25, -0.2) is 0 Å². The zero-order valence-electron chi connectivity index (χ0n) is 20.9. The molecule has 0 bridgehead atoms. The Morgan fingerprint density at radius 3 is 0.917 bits per heavy atom. The molecule has 5 rings (SSSR count). The van der Waals surface area contributed by atoms with E-state index in [9.17, 15) is 0 Å². The van der Waals surface area contributed by atoms with Crippen molar-refractivity contribution in [3.8, 4) is 0 Å². The summed E-state index contributed by atoms with van der Waals surface area (Å²) in [5.74, 6) is 0. The zero-order valence-corrected chi connectivity index (χ0v) is 22.7. The van der Waals surface area contributed by atoms with Crippen LogP contribution in [0.15, 0.2) is 146 Å². The molecule has 2 atom stereocenters. The Hall–Kier alpha value is -3.04. The van der Waals surface area contributed by atoms with Crippen LogP contribution in [0.2, 0.25) is 0 Å². The maximum Gasteiger partial charge on any atom is 0.00938 e. The fourth-order valence-electron chi connectivity index (χ4n) is 4.92. The first-order valence-corrected chi connectivity index (χ1v) is 15.4. The average Bonchev–Trinajstić information content (AvgIpc) is 2.96. The topological polar surface area (TPSA) is 0 Å². The van der Waals surface area contributed by atoms with Gasteiger partial charge in [0, 0.05) is 11.3 Å². The van der Waals surface area contributed by atoms with Gasteiger partial charge in [0.15, 0.2) is 0 Å². The third kappa shape index (κ3) is 5.52. The van der Waals surface area contributed by atoms with Crippen LogP contribution in [0.1, 0.15) is 36.3 Å². The van der Waals surface area contributed by atoms with Gasteiger partial charge in [0.05, 0.1) is 0 Å². The van der Waals surface area contributed by atoms with Gasteiger partial charge >= 0.3 is 0 Å². The lowest BCUT2D eigenvalue weighted by Gasteiger charge is -2.29. The molecule has 0 N–H and O–H groups in total. The molecule has 0 saturated heterocycles. The van der Waals surface area contributed by atoms with Gasteiger partial charge in [0.1, 0.15) is 0 Å². The first-order valence-electron chi connectivity index (χ1n) is 12.6. The predicted molar refractivity (Wildman–Crippen MR) is 161 cm³/mol. The molecule has 0 heterocycles. The van der Waals surface area contributed by atoms with E-state index < -0.39 is 15.8 Å². The molecule has 0 aliphatic carbocycles. The molecule has 0 aromatic heterocycles. The summed E-state index contributed by atoms with van der Waals surface area (Å²) < 4.78 is 0. The lowest BCUT2D eigenvalue weighted by Crippen LogP contribution is -2.17. The number of rotatable bonds is 8. The molecule has 0 amide bonds. The van der Waals surface area contributed by atoms with Crippen molar-refractivity contribution >= 4 is 37.1 Å². The molecule has 178 valence electrons. The molecule has 0 radical (unpaired) electrons. The van der Waals surface area contributed by atoms with E-state index >= 15 is 0 Å². The standard InChI is InChI=1S/C34H32P2/c1-27(35(31-18-7-3-8-19-31)32-20-9-4-10-21-32)29-16-15-17-30(26-29)28(2)36(33-22-11-5-12-23-33)34-24-13-6-14-25-34/h3-28H,1-2H3/t27-,28-/m1/s1. The molecule has 2 heteroatoms. The van der Waals surface area contributed by atoms with Crippen molar-refractivity contribution in [1.82, 2.24) is 0 Å². The fourth-order valence-corrected chi connectivity index (χ4v) is 10.2. The van der Waals surface area contributed by atoms with Crippen LogP contribution in [0.3, 0.4) is 0 Å². The van der Waals surface area contributed by atoms with Crippen LogP contribution in [-0.4, -0.2) is 0 Å². The Morgan fingerprint density at radius 2 is 0.639 bits per heavy atom. The van der Waals surface area contributed by atoms with Gasteiger partial charge in [-0.05, 0) is 48.2 Å². The molecule has 0 fully saturated rings. The quantitative estimate of drug-likeness (QED) is 0.188. The monoisotopic (exact) mass is 502 g/mol. The minimum Gasteiger partial charge on any atom is -0.0622 e. The summed E-state index contributed by atoms with van der Waals surface area (Å²) in [4.78, 5) is 0. The third-order valence-corrected chi connectivity index (χ3v) is 12.4. The highest BCUT2D eigenvalue weighted by Crippen LogP contribution is 2.52. The summed E-state index contributed by atoms with van der Waals surface area (Å²) >= 11 is 0. The van der Waals surface area contributed by atoms with Crippen LogP contribution in [-0.2, 0) is 0 Å². The van der Waals surface area contributed by atoms with Crippen molar-refractivity contribution in [2.45, 2.75) is 25.2 Å². The van der Waals surface area contributed by atoms with E-state index in [4.69, 9.17) is 0 Å². The SMILES string of the molecule is C[C@H](c1cccc([C@@H](C)P(c2ccccc2)c2ccccc2)c1)P(c1ccccc1)c1ccccc1. The van der Waals surface area contributed by atoms with Crippen LogP contribution in [0.4, 0.5) is 0 Å². The maximum absolute atomic E-state index is 2.48. The highest BCUT2D eigenvalue weighted by atomic mass is 31.1. The average molecular weight is 503 g/mol. The largest absolute Gasteiger partial charge is 0.0622 e. The van der Waals surface area contributed by atoms with Crippen LogP contribution < -0.4 is 21.2 Å². The zero-order chi connectivity index (χ0) is 24.7. The lowest BCUT2D eigenvalue weighted by molar-refractivity contribution is 1.04. The second-order valence-corrected chi connectivity index (χ2v) is 14.2. The van der Waals surface area contributed by atoms with Gasteiger partial charge in [-0.2, -0.15) is 0 Å². The van der Waals surface area contributed by atoms with E-state index in [1.807, 2.05) is 0 Å². The number of benzene rings is 5. The van der Waals surface area contributed by atoms with Gasteiger partial charge in [0.2, 0.25) is 0 Å². The molecule has 5 aromatic rings. The van der Waals surface area contributed by atoms with Gasteiger partial charge in [-0.3, -0.25) is 0 Å². The molecule has 0 aliphatic rings. The van der Waals surface area contributed by atoms with Crippen molar-refractivity contribution in [3.63, 3.8) is 0 Å². The van der Waals surface area contributed by atoms with E-state index in [0.717, 1.165) is 0 Å².